The summed E-state index contributed by atoms with van der Waals surface area (Å²) in [4.78, 5) is 20.6. The number of nitrogens with zero attached hydrogens (tertiary/aromatic N) is 2. The predicted octanol–water partition coefficient (Wildman–Crippen LogP) is 4.54. The van der Waals surface area contributed by atoms with Crippen LogP contribution in [0.25, 0.3) is 0 Å². The Morgan fingerprint density at radius 3 is 2.79 bits per heavy atom. The molecule has 1 aromatic carbocycles. The minimum atomic E-state index is -0.0444. The quantitative estimate of drug-likeness (QED) is 0.633. The molecule has 3 rings (SSSR count). The van der Waals surface area contributed by atoms with Gasteiger partial charge in [0.05, 0.1) is 12.3 Å². The Kier molecular flexibility index (Phi) is 7.01. The summed E-state index contributed by atoms with van der Waals surface area (Å²) in [6, 6.07) is 7.89. The first-order chi connectivity index (χ1) is 13.6. The molecule has 148 valence electrons. The first kappa shape index (κ1) is 20.3. The molecule has 0 saturated heterocycles. The number of benzene rings is 1. The molecule has 1 aliphatic carbocycles. The number of hydrogen-bond acceptors (Lipinski definition) is 6. The number of hydrogen-bond donors (Lipinski definition) is 2. The van der Waals surface area contributed by atoms with E-state index in [1.165, 1.54) is 6.08 Å². The third-order valence-electron chi connectivity index (χ3n) is 4.95. The summed E-state index contributed by atoms with van der Waals surface area (Å²) in [6.45, 7) is 3.53. The molecular formula is C21H25ClN4O2. The molecule has 0 bridgehead atoms. The number of methoxy groups -OCH3 is 1. The van der Waals surface area contributed by atoms with Crippen molar-refractivity contribution < 1.29 is 9.53 Å². The van der Waals surface area contributed by atoms with E-state index in [2.05, 4.69) is 27.2 Å². The van der Waals surface area contributed by atoms with Crippen molar-refractivity contribution in [1.82, 2.24) is 9.97 Å². The van der Waals surface area contributed by atoms with Crippen LogP contribution in [-0.2, 0) is 16.0 Å². The van der Waals surface area contributed by atoms with Gasteiger partial charge < -0.3 is 15.4 Å². The van der Waals surface area contributed by atoms with Crippen molar-refractivity contribution >= 4 is 34.8 Å². The zero-order valence-corrected chi connectivity index (χ0v) is 16.7. The van der Waals surface area contributed by atoms with Crippen LogP contribution in [0.15, 0.2) is 43.1 Å². The standard InChI is InChI=1S/C21H25ClN4O2/c1-3-16(27)12-14-6-4-5-7-19(14)25-20-18(22)13-23-21(26-20)24-15-8-10-17(28-2)11-9-15/h3-7,13,15,17H,1,8-12H2,2H3,(H2,23,24,25,26). The molecule has 0 radical (unpaired) electrons. The van der Waals surface area contributed by atoms with E-state index in [-0.39, 0.29) is 12.2 Å². The molecule has 1 aromatic heterocycles. The van der Waals surface area contributed by atoms with E-state index in [1.54, 1.807) is 13.3 Å². The largest absolute Gasteiger partial charge is 0.381 e. The number of ketones is 1. The van der Waals surface area contributed by atoms with Crippen LogP contribution in [-0.4, -0.2) is 35.0 Å². The van der Waals surface area contributed by atoms with E-state index >= 15 is 0 Å². The Hall–Kier alpha value is -2.44. The van der Waals surface area contributed by atoms with Gasteiger partial charge >= 0.3 is 0 Å². The number of halogens is 1. The third-order valence-corrected chi connectivity index (χ3v) is 5.22. The van der Waals surface area contributed by atoms with Crippen molar-refractivity contribution in [2.24, 2.45) is 0 Å². The first-order valence-electron chi connectivity index (χ1n) is 9.41. The molecule has 2 N–H and O–H groups in total. The molecule has 1 heterocycles. The Labute approximate surface area is 170 Å². The van der Waals surface area contributed by atoms with Crippen LogP contribution in [0.3, 0.4) is 0 Å². The lowest BCUT2D eigenvalue weighted by molar-refractivity contribution is -0.114. The Bertz CT molecular complexity index is 835. The van der Waals surface area contributed by atoms with Crippen molar-refractivity contribution in [2.75, 3.05) is 17.7 Å². The summed E-state index contributed by atoms with van der Waals surface area (Å²) >= 11 is 6.30. The highest BCUT2D eigenvalue weighted by Gasteiger charge is 2.21. The molecule has 0 atom stereocenters. The number of carbonyl (C=O) groups excluding carboxylic acids is 1. The van der Waals surface area contributed by atoms with Crippen LogP contribution in [0.4, 0.5) is 17.5 Å². The Morgan fingerprint density at radius 2 is 2.07 bits per heavy atom. The van der Waals surface area contributed by atoms with E-state index in [0.717, 1.165) is 36.9 Å². The number of ether oxygens (including phenoxy) is 1. The molecule has 0 amide bonds. The summed E-state index contributed by atoms with van der Waals surface area (Å²) in [6.07, 6.45) is 7.60. The van der Waals surface area contributed by atoms with E-state index in [9.17, 15) is 4.79 Å². The minimum absolute atomic E-state index is 0.0444. The van der Waals surface area contributed by atoms with Gasteiger partial charge in [-0.2, -0.15) is 4.98 Å². The fourth-order valence-corrected chi connectivity index (χ4v) is 3.47. The van der Waals surface area contributed by atoms with E-state index in [4.69, 9.17) is 16.3 Å². The number of anilines is 3. The number of carbonyl (C=O) groups is 1. The summed E-state index contributed by atoms with van der Waals surface area (Å²) in [5.41, 5.74) is 1.64. The number of allylic oxidation sites excluding steroid dienone is 1. The van der Waals surface area contributed by atoms with Gasteiger partial charge in [0.1, 0.15) is 5.02 Å². The molecule has 28 heavy (non-hydrogen) atoms. The van der Waals surface area contributed by atoms with Crippen molar-refractivity contribution in [2.45, 2.75) is 44.2 Å². The molecular weight excluding hydrogens is 376 g/mol. The molecule has 2 aromatic rings. The topological polar surface area (TPSA) is 76.1 Å². The van der Waals surface area contributed by atoms with Gasteiger partial charge in [0.15, 0.2) is 11.6 Å². The van der Waals surface area contributed by atoms with Crippen LogP contribution >= 0.6 is 11.6 Å². The lowest BCUT2D eigenvalue weighted by atomic mass is 9.93. The Balaban J connectivity index is 1.72. The highest BCUT2D eigenvalue weighted by atomic mass is 35.5. The van der Waals surface area contributed by atoms with Gasteiger partial charge in [0, 0.05) is 25.3 Å². The summed E-state index contributed by atoms with van der Waals surface area (Å²) < 4.78 is 5.42. The summed E-state index contributed by atoms with van der Waals surface area (Å²) in [7, 11) is 1.76. The zero-order chi connectivity index (χ0) is 19.9. The summed E-state index contributed by atoms with van der Waals surface area (Å²) in [5.74, 6) is 0.993. The maximum Gasteiger partial charge on any atom is 0.224 e. The number of para-hydroxylation sites is 1. The maximum absolute atomic E-state index is 11.8. The van der Waals surface area contributed by atoms with Gasteiger partial charge in [0.25, 0.3) is 0 Å². The monoisotopic (exact) mass is 400 g/mol. The first-order valence-corrected chi connectivity index (χ1v) is 9.79. The fourth-order valence-electron chi connectivity index (χ4n) is 3.33. The van der Waals surface area contributed by atoms with Gasteiger partial charge in [-0.3, -0.25) is 4.79 Å². The van der Waals surface area contributed by atoms with E-state index in [1.807, 2.05) is 24.3 Å². The highest BCUT2D eigenvalue weighted by Crippen LogP contribution is 2.28. The molecule has 7 heteroatoms. The second-order valence-electron chi connectivity index (χ2n) is 6.87. The lowest BCUT2D eigenvalue weighted by Gasteiger charge is -2.28. The van der Waals surface area contributed by atoms with Crippen LogP contribution in [0.5, 0.6) is 0 Å². The number of nitrogens with one attached hydrogen (secondary N) is 2. The van der Waals surface area contributed by atoms with Crippen molar-refractivity contribution in [1.29, 1.82) is 0 Å². The zero-order valence-electron chi connectivity index (χ0n) is 16.0. The van der Waals surface area contributed by atoms with Crippen molar-refractivity contribution in [3.05, 3.63) is 53.7 Å². The Morgan fingerprint density at radius 1 is 1.32 bits per heavy atom. The van der Waals surface area contributed by atoms with Crippen LogP contribution in [0.1, 0.15) is 31.2 Å². The molecule has 1 fully saturated rings. The molecule has 1 saturated carbocycles. The lowest BCUT2D eigenvalue weighted by Crippen LogP contribution is -2.29. The van der Waals surface area contributed by atoms with E-state index in [0.29, 0.717) is 28.9 Å². The molecule has 1 aliphatic rings. The average molecular weight is 401 g/mol. The smallest absolute Gasteiger partial charge is 0.224 e. The minimum Gasteiger partial charge on any atom is -0.381 e. The van der Waals surface area contributed by atoms with Crippen molar-refractivity contribution in [3.8, 4) is 0 Å². The second kappa shape index (κ2) is 9.66. The predicted molar refractivity (Wildman–Crippen MR) is 112 cm³/mol. The van der Waals surface area contributed by atoms with Crippen LogP contribution in [0, 0.1) is 0 Å². The van der Waals surface area contributed by atoms with Gasteiger partial charge in [-0.1, -0.05) is 36.4 Å². The molecule has 6 nitrogen and oxygen atoms in total. The summed E-state index contributed by atoms with van der Waals surface area (Å²) in [5, 5.41) is 7.04. The third kappa shape index (κ3) is 5.30. The van der Waals surface area contributed by atoms with E-state index < -0.39 is 0 Å². The molecule has 0 spiro atoms. The maximum atomic E-state index is 11.8. The number of rotatable bonds is 8. The van der Waals surface area contributed by atoms with Gasteiger partial charge in [-0.25, -0.2) is 4.98 Å². The second-order valence-corrected chi connectivity index (χ2v) is 7.28. The molecule has 0 unspecified atom stereocenters. The SMILES string of the molecule is C=CC(=O)Cc1ccccc1Nc1nc(NC2CCC(OC)CC2)ncc1Cl. The van der Waals surface area contributed by atoms with Crippen LogP contribution in [0.2, 0.25) is 5.02 Å². The fraction of sp³-hybridized carbons (Fsp3) is 0.381. The molecule has 0 aliphatic heterocycles. The number of aromatic nitrogens is 2. The average Bonchev–Trinajstić information content (AvgIpc) is 2.72. The van der Waals surface area contributed by atoms with Gasteiger partial charge in [0.2, 0.25) is 5.95 Å². The van der Waals surface area contributed by atoms with Gasteiger partial charge in [-0.15, -0.1) is 0 Å². The van der Waals surface area contributed by atoms with Crippen molar-refractivity contribution in [3.63, 3.8) is 0 Å². The normalized spacial score (nSPS) is 19.1. The van der Waals surface area contributed by atoms with Crippen LogP contribution < -0.4 is 10.6 Å². The highest BCUT2D eigenvalue weighted by molar-refractivity contribution is 6.32. The van der Waals surface area contributed by atoms with Gasteiger partial charge in [-0.05, 0) is 43.4 Å².